The minimum Gasteiger partial charge on any atom is -0.465 e. The fourth-order valence-electron chi connectivity index (χ4n) is 2.62. The van der Waals surface area contributed by atoms with Gasteiger partial charge in [-0.25, -0.2) is 4.79 Å². The minimum absolute atomic E-state index is 0.0342. The van der Waals surface area contributed by atoms with E-state index in [9.17, 15) is 14.4 Å². The molecule has 6 heteroatoms. The summed E-state index contributed by atoms with van der Waals surface area (Å²) in [6, 6.07) is 6.57. The predicted octanol–water partition coefficient (Wildman–Crippen LogP) is 2.31. The Labute approximate surface area is 142 Å². The first-order chi connectivity index (χ1) is 11.5. The molecule has 0 bridgehead atoms. The maximum Gasteiger partial charge on any atom is 0.337 e. The SMILES string of the molecule is CCCCN(C)C(=O)C1CC1C(=O)Nc1cccc(C(=O)OC)c1. The molecule has 0 spiro atoms. The topological polar surface area (TPSA) is 75.7 Å². The lowest BCUT2D eigenvalue weighted by Gasteiger charge is -2.16. The van der Waals surface area contributed by atoms with Crippen molar-refractivity contribution >= 4 is 23.5 Å². The molecule has 1 aliphatic rings. The predicted molar refractivity (Wildman–Crippen MR) is 90.6 cm³/mol. The van der Waals surface area contributed by atoms with Crippen LogP contribution in [0.25, 0.3) is 0 Å². The molecule has 2 rings (SSSR count). The number of methoxy groups -OCH3 is 1. The number of esters is 1. The zero-order valence-corrected chi connectivity index (χ0v) is 14.4. The summed E-state index contributed by atoms with van der Waals surface area (Å²) in [5, 5.41) is 2.77. The Hall–Kier alpha value is -2.37. The molecule has 1 fully saturated rings. The van der Waals surface area contributed by atoms with Crippen molar-refractivity contribution in [3.63, 3.8) is 0 Å². The Kier molecular flexibility index (Phi) is 5.95. The molecule has 6 nitrogen and oxygen atoms in total. The van der Waals surface area contributed by atoms with Crippen molar-refractivity contribution in [3.8, 4) is 0 Å². The van der Waals surface area contributed by atoms with Gasteiger partial charge in [-0.2, -0.15) is 0 Å². The lowest BCUT2D eigenvalue weighted by Crippen LogP contribution is -2.30. The zero-order valence-electron chi connectivity index (χ0n) is 14.4. The number of unbranched alkanes of at least 4 members (excludes halogenated alkanes) is 1. The summed E-state index contributed by atoms with van der Waals surface area (Å²) in [4.78, 5) is 37.7. The molecular weight excluding hydrogens is 308 g/mol. The molecule has 130 valence electrons. The highest BCUT2D eigenvalue weighted by Crippen LogP contribution is 2.40. The number of nitrogens with zero attached hydrogens (tertiary/aromatic N) is 1. The second-order valence-corrected chi connectivity index (χ2v) is 6.12. The molecule has 2 unspecified atom stereocenters. The highest BCUT2D eigenvalue weighted by molar-refractivity contribution is 6.00. The number of carbonyl (C=O) groups excluding carboxylic acids is 3. The summed E-state index contributed by atoms with van der Waals surface area (Å²) in [5.41, 5.74) is 0.901. The number of hydrogen-bond donors (Lipinski definition) is 1. The summed E-state index contributed by atoms with van der Waals surface area (Å²) in [5.74, 6) is -1.12. The largest absolute Gasteiger partial charge is 0.465 e. The average molecular weight is 332 g/mol. The van der Waals surface area contributed by atoms with E-state index in [4.69, 9.17) is 0 Å². The molecule has 1 aromatic rings. The van der Waals surface area contributed by atoms with Gasteiger partial charge < -0.3 is 15.0 Å². The van der Waals surface area contributed by atoms with E-state index < -0.39 is 5.97 Å². The maximum absolute atomic E-state index is 12.3. The summed E-state index contributed by atoms with van der Waals surface area (Å²) in [6.07, 6.45) is 2.58. The monoisotopic (exact) mass is 332 g/mol. The van der Waals surface area contributed by atoms with Crippen LogP contribution in [-0.2, 0) is 14.3 Å². The Morgan fingerprint density at radius 3 is 2.71 bits per heavy atom. The quantitative estimate of drug-likeness (QED) is 0.778. The van der Waals surface area contributed by atoms with Crippen molar-refractivity contribution in [1.29, 1.82) is 0 Å². The van der Waals surface area contributed by atoms with Gasteiger partial charge in [0.1, 0.15) is 0 Å². The van der Waals surface area contributed by atoms with Crippen LogP contribution in [0, 0.1) is 11.8 Å². The van der Waals surface area contributed by atoms with Crippen LogP contribution < -0.4 is 5.32 Å². The van der Waals surface area contributed by atoms with Crippen LogP contribution in [0.3, 0.4) is 0 Å². The molecule has 0 radical (unpaired) electrons. The first-order valence-electron chi connectivity index (χ1n) is 8.22. The number of amides is 2. The van der Waals surface area contributed by atoms with Crippen LogP contribution in [0.2, 0.25) is 0 Å². The first-order valence-corrected chi connectivity index (χ1v) is 8.22. The van der Waals surface area contributed by atoms with Gasteiger partial charge in [-0.05, 0) is 31.0 Å². The molecule has 1 aliphatic carbocycles. The van der Waals surface area contributed by atoms with E-state index >= 15 is 0 Å². The number of ether oxygens (including phenoxy) is 1. The molecule has 0 aliphatic heterocycles. The van der Waals surface area contributed by atoms with Crippen LogP contribution in [0.15, 0.2) is 24.3 Å². The van der Waals surface area contributed by atoms with Gasteiger partial charge in [0, 0.05) is 19.3 Å². The van der Waals surface area contributed by atoms with Crippen molar-refractivity contribution < 1.29 is 19.1 Å². The fraction of sp³-hybridized carbons (Fsp3) is 0.500. The standard InChI is InChI=1S/C18H24N2O4/c1-4-5-9-20(2)17(22)15-11-14(15)16(21)19-13-8-6-7-12(10-13)18(23)24-3/h6-8,10,14-15H,4-5,9,11H2,1-3H3,(H,19,21). The van der Waals surface area contributed by atoms with E-state index in [1.807, 2.05) is 0 Å². The van der Waals surface area contributed by atoms with Crippen LogP contribution in [0.4, 0.5) is 5.69 Å². The first kappa shape index (κ1) is 18.0. The van der Waals surface area contributed by atoms with E-state index in [-0.39, 0.29) is 23.7 Å². The van der Waals surface area contributed by atoms with Crippen molar-refractivity contribution in [2.45, 2.75) is 26.2 Å². The number of carbonyl (C=O) groups is 3. The van der Waals surface area contributed by atoms with Gasteiger partial charge in [-0.15, -0.1) is 0 Å². The molecule has 2 atom stereocenters. The van der Waals surface area contributed by atoms with E-state index in [1.54, 1.807) is 36.2 Å². The van der Waals surface area contributed by atoms with Gasteiger partial charge in [0.05, 0.1) is 24.5 Å². The highest BCUT2D eigenvalue weighted by Gasteiger charge is 2.48. The lowest BCUT2D eigenvalue weighted by atomic mass is 10.2. The molecule has 1 N–H and O–H groups in total. The molecule has 24 heavy (non-hydrogen) atoms. The van der Waals surface area contributed by atoms with E-state index in [2.05, 4.69) is 17.0 Å². The molecule has 1 saturated carbocycles. The molecule has 1 aromatic carbocycles. The smallest absolute Gasteiger partial charge is 0.337 e. The Morgan fingerprint density at radius 1 is 1.29 bits per heavy atom. The van der Waals surface area contributed by atoms with Crippen molar-refractivity contribution in [1.82, 2.24) is 4.90 Å². The minimum atomic E-state index is -0.455. The molecule has 0 aromatic heterocycles. The van der Waals surface area contributed by atoms with Crippen LogP contribution >= 0.6 is 0 Å². The molecule has 2 amide bonds. The van der Waals surface area contributed by atoms with Gasteiger partial charge >= 0.3 is 5.97 Å². The van der Waals surface area contributed by atoms with E-state index in [1.165, 1.54) is 7.11 Å². The molecular formula is C18H24N2O4. The summed E-state index contributed by atoms with van der Waals surface area (Å²) >= 11 is 0. The number of anilines is 1. The Morgan fingerprint density at radius 2 is 2.04 bits per heavy atom. The van der Waals surface area contributed by atoms with Gasteiger partial charge in [0.25, 0.3) is 0 Å². The summed E-state index contributed by atoms with van der Waals surface area (Å²) in [7, 11) is 3.09. The van der Waals surface area contributed by atoms with Gasteiger partial charge in [0.2, 0.25) is 11.8 Å². The third kappa shape index (κ3) is 4.34. The van der Waals surface area contributed by atoms with Crippen LogP contribution in [0.5, 0.6) is 0 Å². The van der Waals surface area contributed by atoms with Gasteiger partial charge in [-0.1, -0.05) is 19.4 Å². The van der Waals surface area contributed by atoms with Gasteiger partial charge in [0.15, 0.2) is 0 Å². The van der Waals surface area contributed by atoms with E-state index in [0.29, 0.717) is 17.7 Å². The van der Waals surface area contributed by atoms with Crippen LogP contribution in [0.1, 0.15) is 36.5 Å². The fourth-order valence-corrected chi connectivity index (χ4v) is 2.62. The third-order valence-corrected chi connectivity index (χ3v) is 4.22. The number of nitrogens with one attached hydrogen (secondary N) is 1. The Balaban J connectivity index is 1.90. The number of hydrogen-bond acceptors (Lipinski definition) is 4. The maximum atomic E-state index is 12.3. The molecule has 0 heterocycles. The second kappa shape index (κ2) is 7.95. The number of benzene rings is 1. The lowest BCUT2D eigenvalue weighted by molar-refractivity contribution is -0.132. The van der Waals surface area contributed by atoms with Crippen molar-refractivity contribution in [2.75, 3.05) is 26.0 Å². The number of rotatable bonds is 7. The van der Waals surface area contributed by atoms with Crippen LogP contribution in [-0.4, -0.2) is 43.4 Å². The zero-order chi connectivity index (χ0) is 17.7. The normalized spacial score (nSPS) is 18.6. The highest BCUT2D eigenvalue weighted by atomic mass is 16.5. The Bertz CT molecular complexity index is 629. The average Bonchev–Trinajstić information content (AvgIpc) is 3.39. The van der Waals surface area contributed by atoms with Gasteiger partial charge in [-0.3, -0.25) is 9.59 Å². The second-order valence-electron chi connectivity index (χ2n) is 6.12. The van der Waals surface area contributed by atoms with Crippen molar-refractivity contribution in [3.05, 3.63) is 29.8 Å². The third-order valence-electron chi connectivity index (χ3n) is 4.22. The summed E-state index contributed by atoms with van der Waals surface area (Å²) < 4.78 is 4.66. The summed E-state index contributed by atoms with van der Waals surface area (Å²) in [6.45, 7) is 2.80. The van der Waals surface area contributed by atoms with E-state index in [0.717, 1.165) is 19.4 Å². The molecule has 0 saturated heterocycles. The van der Waals surface area contributed by atoms with Crippen molar-refractivity contribution in [2.24, 2.45) is 11.8 Å².